The second-order valence-electron chi connectivity index (χ2n) is 10.0. The van der Waals surface area contributed by atoms with Crippen LogP contribution in [-0.4, -0.2) is 43.4 Å². The SMILES string of the molecule is O[C@H]1CC[C@H](Oc2cc(-c3ccc4nc5n(c4n3)C3(CCC5)COc4ccccc43)ccn2)CC1. The van der Waals surface area contributed by atoms with E-state index >= 15 is 0 Å². The highest BCUT2D eigenvalue weighted by Crippen LogP contribution is 2.47. The standard InChI is InChI=1S/C28H28N4O3/c33-19-7-9-20(10-8-19)35-26-16-18(13-15-29-26)22-11-12-23-27(31-22)32-25(30-23)6-3-14-28(32)17-34-24-5-2-1-4-21(24)28/h1-2,4-5,11-13,15-16,19-20,33H,3,6-10,14,17H2/t19-,20-,28?. The van der Waals surface area contributed by atoms with Crippen molar-refractivity contribution in [1.82, 2.24) is 19.5 Å². The van der Waals surface area contributed by atoms with Crippen molar-refractivity contribution in [1.29, 1.82) is 0 Å². The molecule has 1 unspecified atom stereocenters. The first-order chi connectivity index (χ1) is 17.2. The Balaban J connectivity index is 1.28. The van der Waals surface area contributed by atoms with Crippen molar-refractivity contribution in [3.63, 3.8) is 0 Å². The third-order valence-electron chi connectivity index (χ3n) is 7.81. The van der Waals surface area contributed by atoms with Gasteiger partial charge in [0, 0.05) is 29.8 Å². The Hall–Kier alpha value is -3.45. The first-order valence-corrected chi connectivity index (χ1v) is 12.6. The van der Waals surface area contributed by atoms with Crippen LogP contribution >= 0.6 is 0 Å². The van der Waals surface area contributed by atoms with Gasteiger partial charge in [0.1, 0.15) is 35.3 Å². The fourth-order valence-corrected chi connectivity index (χ4v) is 6.04. The number of pyridine rings is 2. The van der Waals surface area contributed by atoms with Crippen LogP contribution in [-0.2, 0) is 12.0 Å². The molecule has 0 bridgehead atoms. The number of aromatic nitrogens is 4. The topological polar surface area (TPSA) is 82.3 Å². The minimum Gasteiger partial charge on any atom is -0.490 e. The first kappa shape index (κ1) is 20.9. The number of ether oxygens (including phenoxy) is 2. The number of nitrogens with zero attached hydrogens (tertiary/aromatic N) is 4. The summed E-state index contributed by atoms with van der Waals surface area (Å²) in [4.78, 5) is 14.5. The van der Waals surface area contributed by atoms with Crippen molar-refractivity contribution in [2.45, 2.75) is 62.7 Å². The highest BCUT2D eigenvalue weighted by Gasteiger charge is 2.46. The quantitative estimate of drug-likeness (QED) is 0.471. The Morgan fingerprint density at radius 2 is 1.91 bits per heavy atom. The summed E-state index contributed by atoms with van der Waals surface area (Å²) in [6, 6.07) is 16.4. The summed E-state index contributed by atoms with van der Waals surface area (Å²) in [6.45, 7) is 0.611. The molecule has 7 nitrogen and oxygen atoms in total. The lowest BCUT2D eigenvalue weighted by Gasteiger charge is -2.35. The monoisotopic (exact) mass is 468 g/mol. The molecule has 0 radical (unpaired) electrons. The van der Waals surface area contributed by atoms with E-state index in [9.17, 15) is 5.11 Å². The largest absolute Gasteiger partial charge is 0.490 e. The summed E-state index contributed by atoms with van der Waals surface area (Å²) < 4.78 is 14.7. The van der Waals surface area contributed by atoms with Crippen molar-refractivity contribution < 1.29 is 14.6 Å². The zero-order valence-electron chi connectivity index (χ0n) is 19.6. The molecular formula is C28H28N4O3. The van der Waals surface area contributed by atoms with E-state index in [-0.39, 0.29) is 17.7 Å². The smallest absolute Gasteiger partial charge is 0.214 e. The maximum atomic E-state index is 9.78. The Morgan fingerprint density at radius 1 is 1.03 bits per heavy atom. The van der Waals surface area contributed by atoms with Crippen LogP contribution in [0.1, 0.15) is 49.9 Å². The summed E-state index contributed by atoms with van der Waals surface area (Å²) in [7, 11) is 0. The number of hydrogen-bond acceptors (Lipinski definition) is 6. The van der Waals surface area contributed by atoms with Crippen LogP contribution in [0.2, 0.25) is 0 Å². The molecule has 4 aromatic rings. The molecule has 0 amide bonds. The molecule has 5 heterocycles. The van der Waals surface area contributed by atoms with Crippen LogP contribution in [0.5, 0.6) is 11.6 Å². The number of hydrogen-bond donors (Lipinski definition) is 1. The van der Waals surface area contributed by atoms with Gasteiger partial charge >= 0.3 is 0 Å². The molecule has 1 N–H and O–H groups in total. The van der Waals surface area contributed by atoms with E-state index in [1.54, 1.807) is 6.20 Å². The van der Waals surface area contributed by atoms with E-state index in [2.05, 4.69) is 33.8 Å². The number of benzene rings is 1. The lowest BCUT2D eigenvalue weighted by Crippen LogP contribution is -2.40. The molecule has 1 aromatic carbocycles. The molecule has 1 atom stereocenters. The molecule has 178 valence electrons. The number of fused-ring (bicyclic) bond motifs is 6. The maximum Gasteiger partial charge on any atom is 0.214 e. The fraction of sp³-hybridized carbons (Fsp3) is 0.393. The highest BCUT2D eigenvalue weighted by atomic mass is 16.5. The summed E-state index contributed by atoms with van der Waals surface area (Å²) in [5.74, 6) is 2.65. The first-order valence-electron chi connectivity index (χ1n) is 12.6. The molecule has 3 aliphatic rings. The number of aliphatic hydroxyl groups excluding tert-OH is 1. The van der Waals surface area contributed by atoms with Crippen molar-refractivity contribution in [2.75, 3.05) is 6.61 Å². The number of para-hydroxylation sites is 1. The Morgan fingerprint density at radius 3 is 2.83 bits per heavy atom. The molecule has 2 aliphatic heterocycles. The van der Waals surface area contributed by atoms with Crippen LogP contribution in [0, 0.1) is 0 Å². The van der Waals surface area contributed by atoms with Crippen LogP contribution < -0.4 is 9.47 Å². The van der Waals surface area contributed by atoms with Crippen LogP contribution in [0.4, 0.5) is 0 Å². The van der Waals surface area contributed by atoms with Gasteiger partial charge in [0.15, 0.2) is 5.65 Å². The van der Waals surface area contributed by atoms with Crippen LogP contribution in [0.25, 0.3) is 22.4 Å². The van der Waals surface area contributed by atoms with Gasteiger partial charge in [-0.1, -0.05) is 18.2 Å². The Kier molecular flexibility index (Phi) is 4.81. The zero-order chi connectivity index (χ0) is 23.4. The second kappa shape index (κ2) is 8.05. The Labute approximate surface area is 203 Å². The van der Waals surface area contributed by atoms with E-state index in [1.807, 2.05) is 24.3 Å². The summed E-state index contributed by atoms with van der Waals surface area (Å²) in [5, 5.41) is 9.78. The lowest BCUT2D eigenvalue weighted by atomic mass is 9.83. The van der Waals surface area contributed by atoms with E-state index in [0.29, 0.717) is 12.5 Å². The van der Waals surface area contributed by atoms with Gasteiger partial charge in [0.2, 0.25) is 5.88 Å². The molecular weight excluding hydrogens is 440 g/mol. The predicted molar refractivity (Wildman–Crippen MR) is 132 cm³/mol. The van der Waals surface area contributed by atoms with Crippen molar-refractivity contribution >= 4 is 11.2 Å². The third kappa shape index (κ3) is 3.40. The maximum absolute atomic E-state index is 9.78. The second-order valence-corrected chi connectivity index (χ2v) is 10.0. The van der Waals surface area contributed by atoms with Crippen LogP contribution in [0.15, 0.2) is 54.7 Å². The summed E-state index contributed by atoms with van der Waals surface area (Å²) >= 11 is 0. The normalized spacial score (nSPS) is 25.3. The third-order valence-corrected chi connectivity index (χ3v) is 7.81. The minimum absolute atomic E-state index is 0.0979. The molecule has 1 spiro atoms. The van der Waals surface area contributed by atoms with E-state index < -0.39 is 0 Å². The molecule has 3 aromatic heterocycles. The summed E-state index contributed by atoms with van der Waals surface area (Å²) in [6.07, 6.45) is 7.98. The zero-order valence-corrected chi connectivity index (χ0v) is 19.6. The molecule has 7 heteroatoms. The van der Waals surface area contributed by atoms with Gasteiger partial charge in [-0.3, -0.25) is 4.57 Å². The van der Waals surface area contributed by atoms with Gasteiger partial charge in [-0.2, -0.15) is 0 Å². The van der Waals surface area contributed by atoms with Crippen molar-refractivity contribution in [2.24, 2.45) is 0 Å². The molecule has 7 rings (SSSR count). The van der Waals surface area contributed by atoms with Gasteiger partial charge in [-0.05, 0) is 62.8 Å². The van der Waals surface area contributed by atoms with E-state index in [0.717, 1.165) is 78.9 Å². The molecule has 1 fully saturated rings. The van der Waals surface area contributed by atoms with Gasteiger partial charge in [0.25, 0.3) is 0 Å². The van der Waals surface area contributed by atoms with Gasteiger partial charge in [-0.15, -0.1) is 0 Å². The van der Waals surface area contributed by atoms with Gasteiger partial charge in [0.05, 0.1) is 11.8 Å². The molecule has 1 saturated carbocycles. The van der Waals surface area contributed by atoms with Gasteiger partial charge in [-0.25, -0.2) is 15.0 Å². The van der Waals surface area contributed by atoms with Crippen LogP contribution in [0.3, 0.4) is 0 Å². The molecule has 0 saturated heterocycles. The number of imidazole rings is 1. The lowest BCUT2D eigenvalue weighted by molar-refractivity contribution is 0.0644. The molecule has 1 aliphatic carbocycles. The highest BCUT2D eigenvalue weighted by molar-refractivity contribution is 5.77. The van der Waals surface area contributed by atoms with Crippen molar-refractivity contribution in [3.05, 3.63) is 66.1 Å². The predicted octanol–water partition coefficient (Wildman–Crippen LogP) is 4.65. The van der Waals surface area contributed by atoms with Crippen molar-refractivity contribution in [3.8, 4) is 22.9 Å². The minimum atomic E-state index is -0.261. The number of aliphatic hydroxyl groups is 1. The van der Waals surface area contributed by atoms with E-state index in [4.69, 9.17) is 19.4 Å². The van der Waals surface area contributed by atoms with E-state index in [1.165, 1.54) is 5.56 Å². The van der Waals surface area contributed by atoms with Gasteiger partial charge < -0.3 is 14.6 Å². The molecule has 35 heavy (non-hydrogen) atoms. The summed E-state index contributed by atoms with van der Waals surface area (Å²) in [5.41, 5.74) is 4.63. The number of aryl methyl sites for hydroxylation is 1. The fourth-order valence-electron chi connectivity index (χ4n) is 6.04. The number of rotatable bonds is 3. The average molecular weight is 469 g/mol. The Bertz CT molecular complexity index is 1410. The average Bonchev–Trinajstić information content (AvgIpc) is 3.45.